The summed E-state index contributed by atoms with van der Waals surface area (Å²) in [6.07, 6.45) is 9.26. The van der Waals surface area contributed by atoms with E-state index in [-0.39, 0.29) is 12.6 Å². The number of unbranched alkanes of at least 4 members (excludes halogenated alkanes) is 1. The van der Waals surface area contributed by atoms with Gasteiger partial charge in [-0.3, -0.25) is 9.88 Å². The van der Waals surface area contributed by atoms with Crippen molar-refractivity contribution >= 4 is 28.5 Å². The van der Waals surface area contributed by atoms with E-state index in [1.54, 1.807) is 6.20 Å². The number of nitrogens with one attached hydrogen (secondary N) is 1. The van der Waals surface area contributed by atoms with Crippen LogP contribution in [-0.2, 0) is 0 Å². The third kappa shape index (κ3) is 5.31. The molecule has 0 aromatic carbocycles. The zero-order valence-corrected chi connectivity index (χ0v) is 20.7. The van der Waals surface area contributed by atoms with Gasteiger partial charge < -0.3 is 21.1 Å². The first kappa shape index (κ1) is 23.7. The lowest BCUT2D eigenvalue weighted by Crippen LogP contribution is -2.47. The smallest absolute Gasteiger partial charge is 0.222 e. The quantitative estimate of drug-likeness (QED) is 0.428. The molecule has 4 N–H and O–H groups in total. The van der Waals surface area contributed by atoms with Crippen molar-refractivity contribution < 1.29 is 5.11 Å². The normalized spacial score (nSPS) is 18.5. The number of hydrogen-bond donors (Lipinski definition) is 3. The lowest BCUT2D eigenvalue weighted by molar-refractivity contribution is 0.212. The number of rotatable bonds is 9. The van der Waals surface area contributed by atoms with Crippen LogP contribution in [-0.4, -0.2) is 74.3 Å². The highest BCUT2D eigenvalue weighted by Crippen LogP contribution is 2.30. The van der Waals surface area contributed by atoms with Crippen molar-refractivity contribution in [1.29, 1.82) is 0 Å². The van der Waals surface area contributed by atoms with Gasteiger partial charge in [0.05, 0.1) is 28.7 Å². The van der Waals surface area contributed by atoms with Gasteiger partial charge >= 0.3 is 0 Å². The summed E-state index contributed by atoms with van der Waals surface area (Å²) in [5, 5.41) is 14.2. The highest BCUT2D eigenvalue weighted by atomic mass is 16.3. The average Bonchev–Trinajstić information content (AvgIpc) is 3.73. The van der Waals surface area contributed by atoms with Gasteiger partial charge in [0.1, 0.15) is 11.6 Å². The molecular weight excluding hydrogens is 440 g/mol. The zero-order valence-electron chi connectivity index (χ0n) is 20.7. The number of nitrogens with zero attached hydrogens (tertiary/aromatic N) is 6. The molecule has 0 bridgehead atoms. The van der Waals surface area contributed by atoms with E-state index in [4.69, 9.17) is 10.7 Å². The van der Waals surface area contributed by atoms with Crippen LogP contribution in [0.25, 0.3) is 22.2 Å². The number of pyridine rings is 2. The first-order valence-corrected chi connectivity index (χ1v) is 12.8. The summed E-state index contributed by atoms with van der Waals surface area (Å²) in [5.74, 6) is 1.79. The van der Waals surface area contributed by atoms with Crippen molar-refractivity contribution in [1.82, 2.24) is 24.8 Å². The maximum Gasteiger partial charge on any atom is 0.222 e. The molecule has 186 valence electrons. The maximum atomic E-state index is 10.00. The lowest BCUT2D eigenvalue weighted by Gasteiger charge is -2.35. The van der Waals surface area contributed by atoms with Gasteiger partial charge in [-0.05, 0) is 44.4 Å². The van der Waals surface area contributed by atoms with E-state index in [2.05, 4.69) is 49.1 Å². The minimum Gasteiger partial charge on any atom is -0.394 e. The van der Waals surface area contributed by atoms with Crippen LogP contribution in [0, 0.1) is 0 Å². The second kappa shape index (κ2) is 9.91. The predicted molar refractivity (Wildman–Crippen MR) is 140 cm³/mol. The minimum atomic E-state index is -0.494. The van der Waals surface area contributed by atoms with Gasteiger partial charge in [0.2, 0.25) is 5.95 Å². The van der Waals surface area contributed by atoms with Crippen molar-refractivity contribution in [2.45, 2.75) is 57.5 Å². The van der Waals surface area contributed by atoms with Crippen LogP contribution in [0.5, 0.6) is 0 Å². The summed E-state index contributed by atoms with van der Waals surface area (Å²) in [4.78, 5) is 23.2. The summed E-state index contributed by atoms with van der Waals surface area (Å²) >= 11 is 0. The predicted octanol–water partition coefficient (Wildman–Crippen LogP) is 3.31. The molecule has 5 rings (SSSR count). The van der Waals surface area contributed by atoms with E-state index >= 15 is 0 Å². The molecule has 3 aromatic rings. The molecular formula is C26H36N8O. The minimum absolute atomic E-state index is 0.00242. The lowest BCUT2D eigenvalue weighted by atomic mass is 9.95. The molecule has 0 spiro atoms. The molecule has 1 saturated heterocycles. The molecule has 9 heteroatoms. The SMILES string of the molecule is CCCC[C@](C)(CO)Nc1nc(N)nc2cc(-c3ccc(N4CCN(C5CC5)CC4)nc3)ncc12. The fourth-order valence-corrected chi connectivity index (χ4v) is 4.81. The van der Waals surface area contributed by atoms with E-state index in [1.807, 2.05) is 19.2 Å². The molecule has 3 aromatic heterocycles. The Morgan fingerprint density at radius 1 is 1.11 bits per heavy atom. The molecule has 4 heterocycles. The van der Waals surface area contributed by atoms with Crippen molar-refractivity contribution in [2.24, 2.45) is 0 Å². The second-order valence-corrected chi connectivity index (χ2v) is 10.1. The number of nitrogens with two attached hydrogens (primary N) is 1. The fourth-order valence-electron chi connectivity index (χ4n) is 4.81. The molecule has 1 aliphatic heterocycles. The largest absolute Gasteiger partial charge is 0.394 e. The molecule has 1 saturated carbocycles. The van der Waals surface area contributed by atoms with Crippen LogP contribution >= 0.6 is 0 Å². The second-order valence-electron chi connectivity index (χ2n) is 10.1. The van der Waals surface area contributed by atoms with Gasteiger partial charge in [0, 0.05) is 50.2 Å². The number of fused-ring (bicyclic) bond motifs is 1. The Bertz CT molecular complexity index is 1160. The Labute approximate surface area is 206 Å². The highest BCUT2D eigenvalue weighted by Gasteiger charge is 2.31. The Morgan fingerprint density at radius 3 is 2.57 bits per heavy atom. The zero-order chi connectivity index (χ0) is 24.4. The van der Waals surface area contributed by atoms with Gasteiger partial charge in [0.15, 0.2) is 0 Å². The third-order valence-corrected chi connectivity index (χ3v) is 7.20. The van der Waals surface area contributed by atoms with Crippen LogP contribution in [0.15, 0.2) is 30.6 Å². The molecule has 1 aliphatic carbocycles. The van der Waals surface area contributed by atoms with Crippen molar-refractivity contribution in [3.8, 4) is 11.3 Å². The number of piperazine rings is 1. The van der Waals surface area contributed by atoms with Gasteiger partial charge in [-0.15, -0.1) is 0 Å². The van der Waals surface area contributed by atoms with Crippen LogP contribution < -0.4 is 16.0 Å². The Kier molecular flexibility index (Phi) is 6.71. The summed E-state index contributed by atoms with van der Waals surface area (Å²) in [7, 11) is 0. The van der Waals surface area contributed by atoms with E-state index in [0.29, 0.717) is 11.3 Å². The van der Waals surface area contributed by atoms with Gasteiger partial charge in [-0.1, -0.05) is 19.8 Å². The van der Waals surface area contributed by atoms with E-state index < -0.39 is 5.54 Å². The van der Waals surface area contributed by atoms with Gasteiger partial charge in [-0.2, -0.15) is 4.98 Å². The summed E-state index contributed by atoms with van der Waals surface area (Å²) < 4.78 is 0. The Balaban J connectivity index is 1.34. The average molecular weight is 477 g/mol. The molecule has 0 amide bonds. The number of aliphatic hydroxyl groups is 1. The first-order chi connectivity index (χ1) is 17.0. The number of anilines is 3. The number of hydrogen-bond acceptors (Lipinski definition) is 9. The Morgan fingerprint density at radius 2 is 1.91 bits per heavy atom. The van der Waals surface area contributed by atoms with E-state index in [1.165, 1.54) is 12.8 Å². The molecule has 9 nitrogen and oxygen atoms in total. The van der Waals surface area contributed by atoms with Crippen molar-refractivity contribution in [3.05, 3.63) is 30.6 Å². The summed E-state index contributed by atoms with van der Waals surface area (Å²) in [5.41, 5.74) is 7.98. The van der Waals surface area contributed by atoms with Crippen molar-refractivity contribution in [2.75, 3.05) is 48.7 Å². The van der Waals surface area contributed by atoms with Crippen LogP contribution in [0.4, 0.5) is 17.6 Å². The highest BCUT2D eigenvalue weighted by molar-refractivity contribution is 5.91. The number of nitrogen functional groups attached to an aromatic ring is 1. The summed E-state index contributed by atoms with van der Waals surface area (Å²) in [6.45, 7) is 8.41. The number of aromatic nitrogens is 4. The van der Waals surface area contributed by atoms with Crippen LogP contribution in [0.3, 0.4) is 0 Å². The molecule has 2 aliphatic rings. The van der Waals surface area contributed by atoms with Crippen molar-refractivity contribution in [3.63, 3.8) is 0 Å². The van der Waals surface area contributed by atoms with Gasteiger partial charge in [0.25, 0.3) is 0 Å². The molecule has 0 unspecified atom stereocenters. The fraction of sp³-hybridized carbons (Fsp3) is 0.538. The monoisotopic (exact) mass is 476 g/mol. The molecule has 0 radical (unpaired) electrons. The molecule has 1 atom stereocenters. The van der Waals surface area contributed by atoms with Gasteiger partial charge in [-0.25, -0.2) is 9.97 Å². The summed E-state index contributed by atoms with van der Waals surface area (Å²) in [6, 6.07) is 6.90. The number of aliphatic hydroxyl groups excluding tert-OH is 1. The Hall–Kier alpha value is -3.04. The third-order valence-electron chi connectivity index (χ3n) is 7.20. The van der Waals surface area contributed by atoms with E-state index in [9.17, 15) is 5.11 Å². The van der Waals surface area contributed by atoms with E-state index in [0.717, 1.165) is 73.9 Å². The van der Waals surface area contributed by atoms with Crippen LogP contribution in [0.2, 0.25) is 0 Å². The topological polar surface area (TPSA) is 116 Å². The first-order valence-electron chi connectivity index (χ1n) is 12.8. The van der Waals surface area contributed by atoms with Crippen LogP contribution in [0.1, 0.15) is 46.0 Å². The molecule has 35 heavy (non-hydrogen) atoms. The molecule has 2 fully saturated rings. The maximum absolute atomic E-state index is 10.00. The standard InChI is InChI=1S/C26H36N8O/c1-3-4-9-26(2,17-35)32-24-20-16-28-21(14-22(20)30-25(27)31-24)18-5-8-23(29-15-18)34-12-10-33(11-13-34)19-6-7-19/h5,8,14-16,19,35H,3-4,6-7,9-13,17H2,1-2H3,(H3,27,30,31,32)/t26-/m1/s1.